The number of nitrogens with one attached hydrogen (secondary N) is 1. The van der Waals surface area contributed by atoms with Gasteiger partial charge in [-0.25, -0.2) is 13.2 Å². The molecule has 0 fully saturated rings. The Bertz CT molecular complexity index is 1000. The molecule has 0 spiro atoms. The number of anilines is 2. The third-order valence-corrected chi connectivity index (χ3v) is 5.46. The number of para-hydroxylation sites is 3. The van der Waals surface area contributed by atoms with Gasteiger partial charge in [0, 0.05) is 13.0 Å². The summed E-state index contributed by atoms with van der Waals surface area (Å²) in [6, 6.07) is 13.1. The van der Waals surface area contributed by atoms with Crippen LogP contribution in [0.2, 0.25) is 0 Å². The molecule has 1 aliphatic heterocycles. The number of benzene rings is 2. The van der Waals surface area contributed by atoms with E-state index in [9.17, 15) is 18.0 Å². The average Bonchev–Trinajstić information content (AvgIpc) is 2.87. The van der Waals surface area contributed by atoms with Gasteiger partial charge in [-0.05, 0) is 24.3 Å². The minimum Gasteiger partial charge on any atom is -0.478 e. The second-order valence-electron chi connectivity index (χ2n) is 6.22. The molecule has 0 aliphatic carbocycles. The Labute approximate surface area is 163 Å². The maximum Gasteiger partial charge on any atom is 0.339 e. The molecule has 3 rings (SSSR count). The molecule has 2 aromatic carbocycles. The van der Waals surface area contributed by atoms with Crippen LogP contribution < -0.4 is 14.4 Å². The van der Waals surface area contributed by atoms with Gasteiger partial charge in [-0.3, -0.25) is 9.10 Å². The van der Waals surface area contributed by atoms with E-state index in [0.717, 1.165) is 6.26 Å². The van der Waals surface area contributed by atoms with E-state index >= 15 is 0 Å². The predicted molar refractivity (Wildman–Crippen MR) is 104 cm³/mol. The molecule has 148 valence electrons. The number of nitrogens with zero attached hydrogens (tertiary/aromatic N) is 1. The molecule has 8 nitrogen and oxygen atoms in total. The number of rotatable bonds is 4. The Balaban J connectivity index is 1.86. The number of carbonyl (C=O) groups is 2. The fourth-order valence-corrected chi connectivity index (χ4v) is 3.90. The lowest BCUT2D eigenvalue weighted by Crippen LogP contribution is -2.36. The first-order valence-electron chi connectivity index (χ1n) is 8.53. The highest BCUT2D eigenvalue weighted by Crippen LogP contribution is 2.34. The summed E-state index contributed by atoms with van der Waals surface area (Å²) >= 11 is 0. The number of esters is 1. The molecule has 0 saturated heterocycles. The first-order chi connectivity index (χ1) is 13.3. The number of fused-ring (bicyclic) bond motifs is 1. The molecule has 0 unspecified atom stereocenters. The number of sulfonamides is 1. The predicted octanol–water partition coefficient (Wildman–Crippen LogP) is 2.03. The largest absolute Gasteiger partial charge is 0.478 e. The Morgan fingerprint density at radius 2 is 1.82 bits per heavy atom. The van der Waals surface area contributed by atoms with Crippen LogP contribution in [0.25, 0.3) is 0 Å². The number of amides is 1. The van der Waals surface area contributed by atoms with E-state index in [0.29, 0.717) is 17.1 Å². The van der Waals surface area contributed by atoms with E-state index in [-0.39, 0.29) is 18.5 Å². The van der Waals surface area contributed by atoms with E-state index in [1.54, 1.807) is 42.5 Å². The normalized spacial score (nSPS) is 16.4. The minimum absolute atomic E-state index is 0.0899. The highest BCUT2D eigenvalue weighted by atomic mass is 32.2. The molecule has 2 aromatic rings. The summed E-state index contributed by atoms with van der Waals surface area (Å²) in [6.07, 6.45) is 0.323. The van der Waals surface area contributed by atoms with Crippen LogP contribution >= 0.6 is 0 Å². The van der Waals surface area contributed by atoms with E-state index in [1.165, 1.54) is 17.5 Å². The maximum absolute atomic E-state index is 12.8. The van der Waals surface area contributed by atoms with Gasteiger partial charge < -0.3 is 14.8 Å². The minimum atomic E-state index is -3.53. The summed E-state index contributed by atoms with van der Waals surface area (Å²) in [5, 5.41) is 2.67. The summed E-state index contributed by atoms with van der Waals surface area (Å²) in [6.45, 7) is 0.0899. The summed E-state index contributed by atoms with van der Waals surface area (Å²) < 4.78 is 36.0. The molecule has 0 bridgehead atoms. The standard InChI is InChI=1S/C19H20N2O6S/c1-26-19(23)13-7-3-4-8-14(13)20-18(22)17-11-12-21(28(2,24)25)15-9-5-6-10-16(15)27-17/h3-10,17H,11-12H2,1-2H3,(H,20,22)/t17-/m1/s1. The zero-order valence-corrected chi connectivity index (χ0v) is 16.2. The lowest BCUT2D eigenvalue weighted by Gasteiger charge is -2.20. The third kappa shape index (κ3) is 4.09. The van der Waals surface area contributed by atoms with Crippen molar-refractivity contribution in [3.05, 3.63) is 54.1 Å². The number of ether oxygens (including phenoxy) is 2. The average molecular weight is 404 g/mol. The van der Waals surface area contributed by atoms with Crippen molar-refractivity contribution in [1.29, 1.82) is 0 Å². The van der Waals surface area contributed by atoms with Crippen LogP contribution in [0.1, 0.15) is 16.8 Å². The van der Waals surface area contributed by atoms with Crippen LogP contribution in [-0.2, 0) is 19.6 Å². The van der Waals surface area contributed by atoms with Crippen molar-refractivity contribution in [1.82, 2.24) is 0 Å². The molecule has 1 amide bonds. The Kier molecular flexibility index (Phi) is 5.55. The van der Waals surface area contributed by atoms with Gasteiger partial charge in [0.2, 0.25) is 10.0 Å². The van der Waals surface area contributed by atoms with Gasteiger partial charge in [-0.15, -0.1) is 0 Å². The maximum atomic E-state index is 12.8. The van der Waals surface area contributed by atoms with E-state index in [2.05, 4.69) is 5.32 Å². The van der Waals surface area contributed by atoms with Crippen molar-refractivity contribution in [3.63, 3.8) is 0 Å². The summed E-state index contributed by atoms with van der Waals surface area (Å²) in [4.78, 5) is 24.7. The second kappa shape index (κ2) is 7.89. The highest BCUT2D eigenvalue weighted by Gasteiger charge is 2.31. The van der Waals surface area contributed by atoms with Gasteiger partial charge in [-0.2, -0.15) is 0 Å². The number of hydrogen-bond acceptors (Lipinski definition) is 6. The van der Waals surface area contributed by atoms with Gasteiger partial charge >= 0.3 is 5.97 Å². The Hall–Kier alpha value is -3.07. The number of carbonyl (C=O) groups excluding carboxylic acids is 2. The van der Waals surface area contributed by atoms with Crippen molar-refractivity contribution < 1.29 is 27.5 Å². The zero-order valence-electron chi connectivity index (χ0n) is 15.4. The van der Waals surface area contributed by atoms with Crippen LogP contribution in [0.15, 0.2) is 48.5 Å². The molecule has 1 atom stereocenters. The van der Waals surface area contributed by atoms with Gasteiger partial charge in [0.25, 0.3) is 5.91 Å². The highest BCUT2D eigenvalue weighted by molar-refractivity contribution is 7.92. The summed E-state index contributed by atoms with van der Waals surface area (Å²) in [5.74, 6) is -0.764. The first-order valence-corrected chi connectivity index (χ1v) is 10.4. The Morgan fingerprint density at radius 1 is 1.14 bits per heavy atom. The van der Waals surface area contributed by atoms with Crippen molar-refractivity contribution >= 4 is 33.3 Å². The molecule has 1 heterocycles. The van der Waals surface area contributed by atoms with Crippen molar-refractivity contribution in [2.45, 2.75) is 12.5 Å². The molecule has 0 aromatic heterocycles. The number of methoxy groups -OCH3 is 1. The van der Waals surface area contributed by atoms with Crippen LogP contribution in [0.5, 0.6) is 5.75 Å². The fourth-order valence-electron chi connectivity index (χ4n) is 2.95. The molecule has 1 N–H and O–H groups in total. The van der Waals surface area contributed by atoms with Crippen molar-refractivity contribution in [2.24, 2.45) is 0 Å². The molecule has 0 saturated carbocycles. The van der Waals surface area contributed by atoms with Crippen molar-refractivity contribution in [2.75, 3.05) is 29.5 Å². The molecule has 1 aliphatic rings. The Morgan fingerprint density at radius 3 is 2.54 bits per heavy atom. The van der Waals surface area contributed by atoms with Crippen molar-refractivity contribution in [3.8, 4) is 5.75 Å². The molecule has 0 radical (unpaired) electrons. The van der Waals surface area contributed by atoms with E-state index < -0.39 is 28.0 Å². The summed E-state index contributed by atoms with van der Waals surface area (Å²) in [5.41, 5.74) is 0.890. The van der Waals surface area contributed by atoms with Gasteiger partial charge in [-0.1, -0.05) is 24.3 Å². The van der Waals surface area contributed by atoms with E-state index in [1.807, 2.05) is 0 Å². The SMILES string of the molecule is COC(=O)c1ccccc1NC(=O)[C@H]1CCN(S(C)(=O)=O)c2ccccc2O1. The topological polar surface area (TPSA) is 102 Å². The lowest BCUT2D eigenvalue weighted by molar-refractivity contribution is -0.122. The quantitative estimate of drug-likeness (QED) is 0.783. The molecule has 9 heteroatoms. The van der Waals surface area contributed by atoms with Crippen LogP contribution in [-0.4, -0.2) is 46.3 Å². The molecular weight excluding hydrogens is 384 g/mol. The number of hydrogen-bond donors (Lipinski definition) is 1. The third-order valence-electron chi connectivity index (χ3n) is 4.28. The second-order valence-corrected chi connectivity index (χ2v) is 8.13. The zero-order chi connectivity index (χ0) is 20.3. The first kappa shape index (κ1) is 19.7. The van der Waals surface area contributed by atoms with Gasteiger partial charge in [0.1, 0.15) is 5.75 Å². The van der Waals surface area contributed by atoms with E-state index in [4.69, 9.17) is 9.47 Å². The van der Waals surface area contributed by atoms with Crippen LogP contribution in [0.3, 0.4) is 0 Å². The van der Waals surface area contributed by atoms with Crippen LogP contribution in [0.4, 0.5) is 11.4 Å². The monoisotopic (exact) mass is 404 g/mol. The summed E-state index contributed by atoms with van der Waals surface area (Å²) in [7, 11) is -2.28. The van der Waals surface area contributed by atoms with Gasteiger partial charge in [0.15, 0.2) is 6.10 Å². The lowest BCUT2D eigenvalue weighted by atomic mass is 10.1. The van der Waals surface area contributed by atoms with Gasteiger partial charge in [0.05, 0.1) is 30.3 Å². The smallest absolute Gasteiger partial charge is 0.339 e. The molecular formula is C19H20N2O6S. The molecule has 28 heavy (non-hydrogen) atoms. The fraction of sp³-hybridized carbons (Fsp3) is 0.263. The van der Waals surface area contributed by atoms with Crippen LogP contribution in [0, 0.1) is 0 Å².